The summed E-state index contributed by atoms with van der Waals surface area (Å²) in [5.41, 5.74) is 0. The van der Waals surface area contributed by atoms with E-state index in [2.05, 4.69) is 26.1 Å². The van der Waals surface area contributed by atoms with Gasteiger partial charge in [-0.15, -0.1) is 0 Å². The van der Waals surface area contributed by atoms with Crippen molar-refractivity contribution < 1.29 is 8.42 Å². The highest BCUT2D eigenvalue weighted by atomic mass is 32.2. The van der Waals surface area contributed by atoms with Crippen LogP contribution in [0.3, 0.4) is 0 Å². The lowest BCUT2D eigenvalue weighted by atomic mass is 10.0. The minimum Gasteiger partial charge on any atom is -0.313 e. The van der Waals surface area contributed by atoms with Crippen molar-refractivity contribution in [2.45, 2.75) is 46.1 Å². The van der Waals surface area contributed by atoms with Gasteiger partial charge in [0, 0.05) is 12.6 Å². The maximum Gasteiger partial charge on any atom is 0.151 e. The topological polar surface area (TPSA) is 46.2 Å². The minimum absolute atomic E-state index is 0.296. The van der Waals surface area contributed by atoms with Crippen molar-refractivity contribution in [2.24, 2.45) is 11.8 Å². The summed E-state index contributed by atoms with van der Waals surface area (Å²) in [6.07, 6.45) is 3.34. The van der Waals surface area contributed by atoms with E-state index in [4.69, 9.17) is 0 Å². The highest BCUT2D eigenvalue weighted by molar-refractivity contribution is 7.91. The minimum atomic E-state index is -2.81. The quantitative estimate of drug-likeness (QED) is 0.712. The molecular formula is C12H25NO2S. The molecule has 1 saturated carbocycles. The van der Waals surface area contributed by atoms with Gasteiger partial charge in [0.15, 0.2) is 9.84 Å². The fourth-order valence-electron chi connectivity index (χ4n) is 1.72. The van der Waals surface area contributed by atoms with Crippen LogP contribution in [0.1, 0.15) is 40.0 Å². The van der Waals surface area contributed by atoms with Gasteiger partial charge < -0.3 is 5.32 Å². The van der Waals surface area contributed by atoms with Crippen molar-refractivity contribution in [3.8, 4) is 0 Å². The predicted molar refractivity (Wildman–Crippen MR) is 68.3 cm³/mol. The Morgan fingerprint density at radius 1 is 1.31 bits per heavy atom. The van der Waals surface area contributed by atoms with E-state index in [1.54, 1.807) is 0 Å². The zero-order valence-electron chi connectivity index (χ0n) is 10.7. The monoisotopic (exact) mass is 247 g/mol. The molecule has 0 spiro atoms. The number of nitrogens with one attached hydrogen (secondary N) is 1. The van der Waals surface area contributed by atoms with E-state index < -0.39 is 9.84 Å². The first-order chi connectivity index (χ1) is 7.44. The van der Waals surface area contributed by atoms with Gasteiger partial charge in [0.2, 0.25) is 0 Å². The lowest BCUT2D eigenvalue weighted by Crippen LogP contribution is -2.35. The Balaban J connectivity index is 2.18. The molecule has 0 heterocycles. The molecule has 2 atom stereocenters. The second kappa shape index (κ2) is 6.01. The molecule has 0 aliphatic heterocycles. The second-order valence-corrected chi connectivity index (χ2v) is 7.41. The van der Waals surface area contributed by atoms with E-state index in [1.165, 1.54) is 0 Å². The molecule has 1 rings (SSSR count). The van der Waals surface area contributed by atoms with Crippen molar-refractivity contribution in [1.29, 1.82) is 0 Å². The third kappa shape index (κ3) is 5.30. The van der Waals surface area contributed by atoms with Gasteiger partial charge >= 0.3 is 0 Å². The number of hydrogen-bond acceptors (Lipinski definition) is 3. The molecule has 2 unspecified atom stereocenters. The Morgan fingerprint density at radius 3 is 2.44 bits per heavy atom. The standard InChI is InChI=1S/C12H25NO2S/c1-4-10(2)11(3)13-7-8-16(14,15)9-12-5-6-12/h10-13H,4-9H2,1-3H3. The van der Waals surface area contributed by atoms with Crippen molar-refractivity contribution in [1.82, 2.24) is 5.32 Å². The molecule has 0 bridgehead atoms. The summed E-state index contributed by atoms with van der Waals surface area (Å²) in [6, 6.07) is 0.404. The van der Waals surface area contributed by atoms with E-state index in [0.29, 0.717) is 35.9 Å². The normalized spacial score (nSPS) is 20.7. The van der Waals surface area contributed by atoms with Gasteiger partial charge in [-0.25, -0.2) is 8.42 Å². The summed E-state index contributed by atoms with van der Waals surface area (Å²) in [6.45, 7) is 7.07. The largest absolute Gasteiger partial charge is 0.313 e. The molecule has 0 radical (unpaired) electrons. The number of hydrogen-bond donors (Lipinski definition) is 1. The van der Waals surface area contributed by atoms with Gasteiger partial charge in [-0.1, -0.05) is 20.3 Å². The van der Waals surface area contributed by atoms with E-state index in [0.717, 1.165) is 19.3 Å². The molecule has 0 aromatic rings. The Morgan fingerprint density at radius 2 is 1.94 bits per heavy atom. The maximum atomic E-state index is 11.7. The molecule has 1 fully saturated rings. The first kappa shape index (κ1) is 14.0. The van der Waals surface area contributed by atoms with Crippen LogP contribution in [-0.2, 0) is 9.84 Å². The Kier molecular flexibility index (Phi) is 5.25. The van der Waals surface area contributed by atoms with Crippen LogP contribution < -0.4 is 5.32 Å². The van der Waals surface area contributed by atoms with Gasteiger partial charge in [-0.3, -0.25) is 0 Å². The van der Waals surface area contributed by atoms with Gasteiger partial charge in [0.1, 0.15) is 0 Å². The molecule has 16 heavy (non-hydrogen) atoms. The van der Waals surface area contributed by atoms with E-state index in [9.17, 15) is 8.42 Å². The van der Waals surface area contributed by atoms with Crippen molar-refractivity contribution in [3.05, 3.63) is 0 Å². The molecule has 3 nitrogen and oxygen atoms in total. The van der Waals surface area contributed by atoms with Crippen LogP contribution in [0.15, 0.2) is 0 Å². The number of rotatable bonds is 8. The molecular weight excluding hydrogens is 222 g/mol. The van der Waals surface area contributed by atoms with Crippen LogP contribution in [-0.4, -0.2) is 32.5 Å². The summed E-state index contributed by atoms with van der Waals surface area (Å²) in [5, 5.41) is 3.30. The van der Waals surface area contributed by atoms with E-state index in [1.807, 2.05) is 0 Å². The first-order valence-corrected chi connectivity index (χ1v) is 8.20. The molecule has 0 amide bonds. The average molecular weight is 247 g/mol. The van der Waals surface area contributed by atoms with Crippen LogP contribution in [0.5, 0.6) is 0 Å². The molecule has 1 N–H and O–H groups in total. The van der Waals surface area contributed by atoms with Crippen LogP contribution in [0.2, 0.25) is 0 Å². The van der Waals surface area contributed by atoms with Gasteiger partial charge in [0.05, 0.1) is 11.5 Å². The zero-order valence-corrected chi connectivity index (χ0v) is 11.5. The SMILES string of the molecule is CCC(C)C(C)NCCS(=O)(=O)CC1CC1. The molecule has 4 heteroatoms. The predicted octanol–water partition coefficient (Wildman–Crippen LogP) is 1.84. The van der Waals surface area contributed by atoms with Gasteiger partial charge in [-0.2, -0.15) is 0 Å². The highest BCUT2D eigenvalue weighted by Crippen LogP contribution is 2.30. The van der Waals surface area contributed by atoms with Crippen LogP contribution in [0, 0.1) is 11.8 Å². The second-order valence-electron chi connectivity index (χ2n) is 5.19. The summed E-state index contributed by atoms with van der Waals surface area (Å²) < 4.78 is 23.3. The van der Waals surface area contributed by atoms with Gasteiger partial charge in [-0.05, 0) is 31.6 Å². The Bertz CT molecular complexity index is 296. The fourth-order valence-corrected chi connectivity index (χ4v) is 3.37. The third-order valence-electron chi connectivity index (χ3n) is 3.56. The first-order valence-electron chi connectivity index (χ1n) is 6.38. The van der Waals surface area contributed by atoms with E-state index in [-0.39, 0.29) is 0 Å². The van der Waals surface area contributed by atoms with E-state index >= 15 is 0 Å². The summed E-state index contributed by atoms with van der Waals surface area (Å²) in [5.74, 6) is 1.78. The zero-order chi connectivity index (χ0) is 12.2. The number of sulfone groups is 1. The smallest absolute Gasteiger partial charge is 0.151 e. The molecule has 0 saturated heterocycles. The summed E-state index contributed by atoms with van der Waals surface area (Å²) >= 11 is 0. The van der Waals surface area contributed by atoms with Crippen LogP contribution in [0.4, 0.5) is 0 Å². The van der Waals surface area contributed by atoms with Crippen molar-refractivity contribution in [3.63, 3.8) is 0 Å². The lowest BCUT2D eigenvalue weighted by Gasteiger charge is -2.19. The fraction of sp³-hybridized carbons (Fsp3) is 1.00. The molecule has 1 aliphatic carbocycles. The molecule has 1 aliphatic rings. The van der Waals surface area contributed by atoms with Crippen LogP contribution >= 0.6 is 0 Å². The summed E-state index contributed by atoms with van der Waals surface area (Å²) in [7, 11) is -2.81. The third-order valence-corrected chi connectivity index (χ3v) is 5.37. The van der Waals surface area contributed by atoms with Crippen LogP contribution in [0.25, 0.3) is 0 Å². The molecule has 0 aromatic carbocycles. The Hall–Kier alpha value is -0.0900. The highest BCUT2D eigenvalue weighted by Gasteiger charge is 2.27. The lowest BCUT2D eigenvalue weighted by molar-refractivity contribution is 0.398. The average Bonchev–Trinajstić information content (AvgIpc) is 2.99. The van der Waals surface area contributed by atoms with Crippen molar-refractivity contribution >= 4 is 9.84 Å². The van der Waals surface area contributed by atoms with Gasteiger partial charge in [0.25, 0.3) is 0 Å². The van der Waals surface area contributed by atoms with Crippen molar-refractivity contribution in [2.75, 3.05) is 18.1 Å². The molecule has 0 aromatic heterocycles. The summed E-state index contributed by atoms with van der Waals surface area (Å²) in [4.78, 5) is 0. The maximum absolute atomic E-state index is 11.7. The molecule has 96 valence electrons. The Labute approximate surface area is 99.9 Å².